The average Bonchev–Trinajstić information content (AvgIpc) is 3.42. The van der Waals surface area contributed by atoms with E-state index in [0.29, 0.717) is 10.0 Å². The van der Waals surface area contributed by atoms with Gasteiger partial charge in [-0.2, -0.15) is 10.1 Å². The molecule has 2 amide bonds. The molecule has 0 radical (unpaired) electrons. The molecule has 30 heavy (non-hydrogen) atoms. The van der Waals surface area contributed by atoms with E-state index in [1.54, 1.807) is 6.07 Å². The minimum atomic E-state index is -0.574. The Morgan fingerprint density at radius 3 is 2.47 bits per heavy atom. The highest BCUT2D eigenvalue weighted by Crippen LogP contribution is 2.52. The molecule has 0 aromatic heterocycles. The summed E-state index contributed by atoms with van der Waals surface area (Å²) in [6, 6.07) is 1.57. The van der Waals surface area contributed by atoms with Crippen molar-refractivity contribution in [1.29, 1.82) is 0 Å². The highest BCUT2D eigenvalue weighted by Gasteiger charge is 2.59. The molecule has 0 spiro atoms. The van der Waals surface area contributed by atoms with Gasteiger partial charge in [0.15, 0.2) is 18.1 Å². The van der Waals surface area contributed by atoms with Crippen LogP contribution in [0, 0.1) is 23.7 Å². The van der Waals surface area contributed by atoms with Gasteiger partial charge in [0.05, 0.1) is 32.3 Å². The maximum atomic E-state index is 12.7. The normalized spacial score (nSPS) is 26.6. The lowest BCUT2D eigenvalue weighted by molar-refractivity contribution is -0.143. The number of fused-ring (bicyclic) bond motifs is 5. The molecule has 1 saturated carbocycles. The summed E-state index contributed by atoms with van der Waals surface area (Å²) in [5, 5.41) is 5.26. The zero-order chi connectivity index (χ0) is 21.6. The Balaban J connectivity index is 1.58. The Hall–Kier alpha value is -2.39. The summed E-state index contributed by atoms with van der Waals surface area (Å²) in [5.74, 6) is -1.12. The molecule has 8 nitrogen and oxygen atoms in total. The van der Waals surface area contributed by atoms with Gasteiger partial charge in [-0.25, -0.2) is 4.79 Å². The van der Waals surface area contributed by atoms with Crippen LogP contribution >= 0.6 is 27.5 Å². The van der Waals surface area contributed by atoms with Gasteiger partial charge in [0, 0.05) is 10.0 Å². The third-order valence-electron chi connectivity index (χ3n) is 5.70. The Kier molecular flexibility index (Phi) is 5.59. The lowest BCUT2D eigenvalue weighted by Gasteiger charge is -2.15. The third kappa shape index (κ3) is 3.30. The number of halogens is 2. The van der Waals surface area contributed by atoms with Gasteiger partial charge in [-0.1, -0.05) is 23.8 Å². The molecule has 2 fully saturated rings. The minimum absolute atomic E-state index is 0.115. The number of carbonyl (C=O) groups excluding carboxylic acids is 3. The molecule has 1 heterocycles. The smallest absolute Gasteiger partial charge is 0.343 e. The molecule has 0 N–H and O–H groups in total. The number of imide groups is 1. The van der Waals surface area contributed by atoms with E-state index in [4.69, 9.17) is 21.1 Å². The monoisotopic (exact) mass is 496 g/mol. The Morgan fingerprint density at radius 2 is 1.90 bits per heavy atom. The van der Waals surface area contributed by atoms with Crippen molar-refractivity contribution in [3.63, 3.8) is 0 Å². The second-order valence-corrected chi connectivity index (χ2v) is 8.39. The van der Waals surface area contributed by atoms with Crippen LogP contribution in [0.1, 0.15) is 12.0 Å². The van der Waals surface area contributed by atoms with Crippen LogP contribution in [0.15, 0.2) is 27.8 Å². The van der Waals surface area contributed by atoms with Gasteiger partial charge in [-0.3, -0.25) is 9.59 Å². The van der Waals surface area contributed by atoms with Gasteiger partial charge in [0.25, 0.3) is 11.8 Å². The first-order valence-electron chi connectivity index (χ1n) is 9.23. The van der Waals surface area contributed by atoms with Crippen LogP contribution in [0.5, 0.6) is 11.5 Å². The predicted molar refractivity (Wildman–Crippen MR) is 110 cm³/mol. The van der Waals surface area contributed by atoms with Crippen molar-refractivity contribution < 1.29 is 28.6 Å². The average molecular weight is 498 g/mol. The predicted octanol–water partition coefficient (Wildman–Crippen LogP) is 2.80. The van der Waals surface area contributed by atoms with Gasteiger partial charge in [0.1, 0.15) is 5.02 Å². The number of carbonyl (C=O) groups is 3. The molecule has 4 atom stereocenters. The number of esters is 1. The minimum Gasteiger partial charge on any atom is -0.493 e. The van der Waals surface area contributed by atoms with Crippen LogP contribution < -0.4 is 9.47 Å². The number of amides is 2. The first kappa shape index (κ1) is 20.9. The van der Waals surface area contributed by atoms with Gasteiger partial charge < -0.3 is 14.2 Å². The van der Waals surface area contributed by atoms with Crippen molar-refractivity contribution in [3.8, 4) is 11.5 Å². The molecule has 2 bridgehead atoms. The molecular weight excluding hydrogens is 480 g/mol. The maximum absolute atomic E-state index is 12.7. The lowest BCUT2D eigenvalue weighted by Crippen LogP contribution is -2.28. The number of benzene rings is 1. The number of methoxy groups -OCH3 is 2. The van der Waals surface area contributed by atoms with Crippen molar-refractivity contribution >= 4 is 51.5 Å². The van der Waals surface area contributed by atoms with Gasteiger partial charge in [0.2, 0.25) is 0 Å². The highest BCUT2D eigenvalue weighted by atomic mass is 79.9. The van der Waals surface area contributed by atoms with Crippen LogP contribution in [0.4, 0.5) is 0 Å². The Labute approximate surface area is 185 Å². The van der Waals surface area contributed by atoms with Crippen molar-refractivity contribution in [2.45, 2.75) is 6.42 Å². The standard InChI is InChI=1S/C20H18BrClN2O6/c1-28-12-6-11(16(21)17(22)18(12)30-8-13(25)29-2)7-23-24-19(26)14-9-3-4-10(5-9)15(14)20(24)27/h3-4,6-7,9-10,14-15H,5,8H2,1-2H3/t9-,10-,14-,15+/m0/s1. The second kappa shape index (κ2) is 8.03. The quantitative estimate of drug-likeness (QED) is 0.260. The highest BCUT2D eigenvalue weighted by molar-refractivity contribution is 9.10. The molecule has 0 unspecified atom stereocenters. The lowest BCUT2D eigenvalue weighted by atomic mass is 9.85. The summed E-state index contributed by atoms with van der Waals surface area (Å²) in [6.07, 6.45) is 6.28. The van der Waals surface area contributed by atoms with Crippen LogP contribution in [0.2, 0.25) is 5.02 Å². The molecule has 1 saturated heterocycles. The Morgan fingerprint density at radius 1 is 1.27 bits per heavy atom. The number of rotatable bonds is 6. The summed E-state index contributed by atoms with van der Waals surface area (Å²) in [7, 11) is 2.67. The molecule has 3 aliphatic rings. The first-order valence-corrected chi connectivity index (χ1v) is 10.4. The topological polar surface area (TPSA) is 94.5 Å². The SMILES string of the molecule is COC(=O)COc1c(OC)cc(C=NN2C(=O)[C@@H]3[C@H](C2=O)[C@H]2C=C[C@H]3C2)c(Br)c1Cl. The van der Waals surface area contributed by atoms with E-state index in [2.05, 4.69) is 25.8 Å². The van der Waals surface area contributed by atoms with E-state index in [1.165, 1.54) is 20.4 Å². The van der Waals surface area contributed by atoms with Crippen molar-refractivity contribution in [2.24, 2.45) is 28.8 Å². The number of allylic oxidation sites excluding steroid dienone is 2. The number of hydrogen-bond acceptors (Lipinski definition) is 7. The van der Waals surface area contributed by atoms with E-state index < -0.39 is 5.97 Å². The summed E-state index contributed by atoms with van der Waals surface area (Å²) >= 11 is 9.73. The van der Waals surface area contributed by atoms with Crippen molar-refractivity contribution in [3.05, 3.63) is 33.3 Å². The largest absolute Gasteiger partial charge is 0.493 e. The zero-order valence-corrected chi connectivity index (χ0v) is 18.5. The van der Waals surface area contributed by atoms with E-state index >= 15 is 0 Å². The summed E-state index contributed by atoms with van der Waals surface area (Å²) in [5.41, 5.74) is 0.473. The molecule has 1 aromatic carbocycles. The molecule has 1 aromatic rings. The fourth-order valence-corrected chi connectivity index (χ4v) is 4.95. The van der Waals surface area contributed by atoms with E-state index in [-0.39, 0.29) is 58.6 Å². The van der Waals surface area contributed by atoms with Gasteiger partial charge >= 0.3 is 5.97 Å². The van der Waals surface area contributed by atoms with E-state index in [0.717, 1.165) is 11.4 Å². The van der Waals surface area contributed by atoms with E-state index in [9.17, 15) is 14.4 Å². The molecular formula is C20H18BrClN2O6. The van der Waals surface area contributed by atoms with Crippen LogP contribution in [-0.2, 0) is 19.1 Å². The maximum Gasteiger partial charge on any atom is 0.343 e. The fourth-order valence-electron chi connectivity index (χ4n) is 4.30. The van der Waals surface area contributed by atoms with Crippen LogP contribution in [-0.4, -0.2) is 49.8 Å². The molecule has 1 aliphatic heterocycles. The number of hydrazone groups is 1. The molecule has 10 heteroatoms. The molecule has 158 valence electrons. The van der Waals surface area contributed by atoms with Crippen molar-refractivity contribution in [1.82, 2.24) is 5.01 Å². The van der Waals surface area contributed by atoms with Gasteiger partial charge in [-0.15, -0.1) is 0 Å². The second-order valence-electron chi connectivity index (χ2n) is 7.22. The van der Waals surface area contributed by atoms with Crippen LogP contribution in [0.3, 0.4) is 0 Å². The van der Waals surface area contributed by atoms with E-state index in [1.807, 2.05) is 12.2 Å². The zero-order valence-electron chi connectivity index (χ0n) is 16.1. The summed E-state index contributed by atoms with van der Waals surface area (Å²) in [6.45, 7) is -0.345. The van der Waals surface area contributed by atoms with Crippen molar-refractivity contribution in [2.75, 3.05) is 20.8 Å². The summed E-state index contributed by atoms with van der Waals surface area (Å²) in [4.78, 5) is 36.8. The third-order valence-corrected chi connectivity index (χ3v) is 7.14. The summed E-state index contributed by atoms with van der Waals surface area (Å²) < 4.78 is 15.7. The van der Waals surface area contributed by atoms with Gasteiger partial charge in [-0.05, 0) is 40.3 Å². The molecule has 2 aliphatic carbocycles. The first-order chi connectivity index (χ1) is 14.4. The number of hydrogen-bond donors (Lipinski definition) is 0. The number of nitrogens with zero attached hydrogens (tertiary/aromatic N) is 2. The fraction of sp³-hybridized carbons (Fsp3) is 0.400. The number of ether oxygens (including phenoxy) is 3. The Bertz CT molecular complexity index is 964. The molecule has 4 rings (SSSR count). The van der Waals surface area contributed by atoms with Crippen LogP contribution in [0.25, 0.3) is 0 Å².